The molecular formula is C32H39N3O5S. The van der Waals surface area contributed by atoms with Crippen LogP contribution in [0, 0.1) is 0 Å². The minimum absolute atomic E-state index is 0.0360. The Morgan fingerprint density at radius 3 is 2.12 bits per heavy atom. The highest BCUT2D eigenvalue weighted by Crippen LogP contribution is 2.26. The largest absolute Gasteiger partial charge is 0.497 e. The second-order valence-electron chi connectivity index (χ2n) is 10.4. The van der Waals surface area contributed by atoms with Gasteiger partial charge < -0.3 is 15.0 Å². The lowest BCUT2D eigenvalue weighted by atomic mass is 9.95. The maximum absolute atomic E-state index is 14.0. The van der Waals surface area contributed by atoms with Gasteiger partial charge in [0.2, 0.25) is 11.8 Å². The smallest absolute Gasteiger partial charge is 0.264 e. The standard InChI is InChI=1S/C32H39N3O5S/c1-25(32(37)33-27-14-8-4-9-15-27)34(23-22-26-12-6-3-7-13-26)31(36)24-35(28-16-10-5-11-17-28)41(38,39)30-20-18-29(40-2)19-21-30/h3,5-7,10-13,16-21,25,27H,4,8-9,14-15,22-24H2,1-2H3,(H,33,37)/t25-/m1/s1. The van der Waals surface area contributed by atoms with E-state index in [1.165, 1.54) is 30.6 Å². The average molecular weight is 578 g/mol. The molecule has 0 radical (unpaired) electrons. The van der Waals surface area contributed by atoms with Gasteiger partial charge in [0.15, 0.2) is 0 Å². The van der Waals surface area contributed by atoms with Gasteiger partial charge in [-0.15, -0.1) is 0 Å². The van der Waals surface area contributed by atoms with Crippen molar-refractivity contribution < 1.29 is 22.7 Å². The summed E-state index contributed by atoms with van der Waals surface area (Å²) in [6.07, 6.45) is 5.71. The molecule has 8 nitrogen and oxygen atoms in total. The molecule has 1 aliphatic rings. The van der Waals surface area contributed by atoms with Crippen LogP contribution in [0.5, 0.6) is 5.75 Å². The highest BCUT2D eigenvalue weighted by molar-refractivity contribution is 7.92. The summed E-state index contributed by atoms with van der Waals surface area (Å²) in [6.45, 7) is 1.54. The van der Waals surface area contributed by atoms with Crippen LogP contribution in [-0.2, 0) is 26.0 Å². The zero-order valence-electron chi connectivity index (χ0n) is 23.7. The number of hydrogen-bond acceptors (Lipinski definition) is 5. The molecule has 0 aliphatic heterocycles. The number of nitrogens with one attached hydrogen (secondary N) is 1. The topological polar surface area (TPSA) is 96.0 Å². The van der Waals surface area contributed by atoms with Crippen LogP contribution in [0.2, 0.25) is 0 Å². The molecule has 1 fully saturated rings. The van der Waals surface area contributed by atoms with Crippen LogP contribution < -0.4 is 14.4 Å². The number of methoxy groups -OCH3 is 1. The number of anilines is 1. The number of hydrogen-bond donors (Lipinski definition) is 1. The van der Waals surface area contributed by atoms with Gasteiger partial charge in [0.05, 0.1) is 17.7 Å². The Kier molecular flexibility index (Phi) is 10.4. The van der Waals surface area contributed by atoms with E-state index < -0.39 is 28.5 Å². The van der Waals surface area contributed by atoms with Crippen molar-refractivity contribution in [3.8, 4) is 5.75 Å². The van der Waals surface area contributed by atoms with Crippen LogP contribution in [0.4, 0.5) is 5.69 Å². The summed E-state index contributed by atoms with van der Waals surface area (Å²) < 4.78 is 34.0. The zero-order chi connectivity index (χ0) is 29.2. The summed E-state index contributed by atoms with van der Waals surface area (Å²) >= 11 is 0. The third kappa shape index (κ3) is 7.88. The first-order valence-corrected chi connectivity index (χ1v) is 15.6. The van der Waals surface area contributed by atoms with Crippen molar-refractivity contribution >= 4 is 27.5 Å². The van der Waals surface area contributed by atoms with Crippen molar-refractivity contribution in [1.29, 1.82) is 0 Å². The molecule has 1 saturated carbocycles. The van der Waals surface area contributed by atoms with Gasteiger partial charge in [-0.3, -0.25) is 13.9 Å². The van der Waals surface area contributed by atoms with E-state index in [4.69, 9.17) is 4.74 Å². The molecule has 0 spiro atoms. The lowest BCUT2D eigenvalue weighted by molar-refractivity contribution is -0.139. The summed E-state index contributed by atoms with van der Waals surface area (Å²) in [5.41, 5.74) is 1.38. The second-order valence-corrected chi connectivity index (χ2v) is 12.2. The molecule has 0 bridgehead atoms. The number of amides is 2. The van der Waals surface area contributed by atoms with Crippen LogP contribution in [0.15, 0.2) is 89.8 Å². The molecule has 0 aromatic heterocycles. The van der Waals surface area contributed by atoms with Gasteiger partial charge >= 0.3 is 0 Å². The molecule has 1 N–H and O–H groups in total. The fourth-order valence-corrected chi connectivity index (χ4v) is 6.55. The Bertz CT molecular complexity index is 1380. The van der Waals surface area contributed by atoms with E-state index >= 15 is 0 Å². The van der Waals surface area contributed by atoms with Crippen molar-refractivity contribution in [2.75, 3.05) is 24.5 Å². The Balaban J connectivity index is 1.61. The Labute approximate surface area is 243 Å². The van der Waals surface area contributed by atoms with Crippen molar-refractivity contribution in [1.82, 2.24) is 10.2 Å². The van der Waals surface area contributed by atoms with Crippen LogP contribution in [0.3, 0.4) is 0 Å². The summed E-state index contributed by atoms with van der Waals surface area (Å²) in [4.78, 5) is 28.9. The first-order valence-electron chi connectivity index (χ1n) is 14.1. The minimum atomic E-state index is -4.11. The number of sulfonamides is 1. The Morgan fingerprint density at radius 1 is 0.902 bits per heavy atom. The molecule has 1 atom stereocenters. The van der Waals surface area contributed by atoms with Crippen molar-refractivity contribution in [3.05, 3.63) is 90.5 Å². The van der Waals surface area contributed by atoms with Gasteiger partial charge in [-0.05, 0) is 68.1 Å². The highest BCUT2D eigenvalue weighted by atomic mass is 32.2. The first-order chi connectivity index (χ1) is 19.8. The van der Waals surface area contributed by atoms with Gasteiger partial charge in [-0.25, -0.2) is 8.42 Å². The lowest BCUT2D eigenvalue weighted by Crippen LogP contribution is -2.53. The Morgan fingerprint density at radius 2 is 1.51 bits per heavy atom. The normalized spacial score (nSPS) is 14.6. The van der Waals surface area contributed by atoms with Gasteiger partial charge in [-0.2, -0.15) is 0 Å². The molecule has 0 saturated heterocycles. The summed E-state index contributed by atoms with van der Waals surface area (Å²) in [7, 11) is -2.61. The SMILES string of the molecule is COc1ccc(S(=O)(=O)N(CC(=O)N(CCc2ccccc2)[C@H](C)C(=O)NC2CCCCC2)c2ccccc2)cc1. The second kappa shape index (κ2) is 14.2. The van der Waals surface area contributed by atoms with Crippen LogP contribution in [-0.4, -0.2) is 57.4 Å². The number of rotatable bonds is 12. The summed E-state index contributed by atoms with van der Waals surface area (Å²) in [5, 5.41) is 3.13. The summed E-state index contributed by atoms with van der Waals surface area (Å²) in [6, 6.07) is 23.7. The molecule has 41 heavy (non-hydrogen) atoms. The van der Waals surface area contributed by atoms with Gasteiger partial charge in [0.25, 0.3) is 10.0 Å². The molecule has 9 heteroatoms. The monoisotopic (exact) mass is 577 g/mol. The van der Waals surface area contributed by atoms with Crippen LogP contribution >= 0.6 is 0 Å². The predicted octanol–water partition coefficient (Wildman–Crippen LogP) is 4.80. The van der Waals surface area contributed by atoms with E-state index in [0.717, 1.165) is 35.6 Å². The van der Waals surface area contributed by atoms with E-state index in [1.54, 1.807) is 49.4 Å². The molecule has 218 valence electrons. The molecule has 3 aromatic rings. The average Bonchev–Trinajstić information content (AvgIpc) is 3.01. The van der Waals surface area contributed by atoms with Gasteiger partial charge in [0.1, 0.15) is 18.3 Å². The third-order valence-electron chi connectivity index (χ3n) is 7.57. The Hall–Kier alpha value is -3.85. The van der Waals surface area contributed by atoms with Crippen LogP contribution in [0.25, 0.3) is 0 Å². The highest BCUT2D eigenvalue weighted by Gasteiger charge is 2.33. The number of nitrogens with zero attached hydrogens (tertiary/aromatic N) is 2. The maximum atomic E-state index is 14.0. The molecule has 0 unspecified atom stereocenters. The quantitative estimate of drug-likeness (QED) is 0.334. The molecule has 2 amide bonds. The van der Waals surface area contributed by atoms with E-state index in [-0.39, 0.29) is 23.4 Å². The van der Waals surface area contributed by atoms with Crippen molar-refractivity contribution in [2.24, 2.45) is 0 Å². The predicted molar refractivity (Wildman–Crippen MR) is 160 cm³/mol. The fraction of sp³-hybridized carbons (Fsp3) is 0.375. The van der Waals surface area contributed by atoms with Gasteiger partial charge in [-0.1, -0.05) is 67.8 Å². The fourth-order valence-electron chi connectivity index (χ4n) is 5.14. The van der Waals surface area contributed by atoms with Crippen LogP contribution in [0.1, 0.15) is 44.6 Å². The third-order valence-corrected chi connectivity index (χ3v) is 9.36. The van der Waals surface area contributed by atoms with E-state index in [0.29, 0.717) is 17.9 Å². The minimum Gasteiger partial charge on any atom is -0.497 e. The van der Waals surface area contributed by atoms with Crippen molar-refractivity contribution in [3.63, 3.8) is 0 Å². The molecule has 1 aliphatic carbocycles. The van der Waals surface area contributed by atoms with Gasteiger partial charge in [0, 0.05) is 12.6 Å². The summed E-state index contributed by atoms with van der Waals surface area (Å²) in [5.74, 6) is -0.146. The number of carbonyl (C=O) groups excluding carboxylic acids is 2. The van der Waals surface area contributed by atoms with E-state index in [1.807, 2.05) is 30.3 Å². The lowest BCUT2D eigenvalue weighted by Gasteiger charge is -2.33. The number of ether oxygens (including phenoxy) is 1. The number of carbonyl (C=O) groups is 2. The number of benzene rings is 3. The maximum Gasteiger partial charge on any atom is 0.264 e. The molecule has 4 rings (SSSR count). The van der Waals surface area contributed by atoms with E-state index in [9.17, 15) is 18.0 Å². The first kappa shape index (κ1) is 30.1. The van der Waals surface area contributed by atoms with Crippen molar-refractivity contribution in [2.45, 2.75) is 62.4 Å². The van der Waals surface area contributed by atoms with E-state index in [2.05, 4.69) is 5.32 Å². The number of para-hydroxylation sites is 1. The molecular weight excluding hydrogens is 538 g/mol. The molecule has 3 aromatic carbocycles. The zero-order valence-corrected chi connectivity index (χ0v) is 24.6. The molecule has 0 heterocycles.